The van der Waals surface area contributed by atoms with Crippen LogP contribution in [0.4, 0.5) is 25.4 Å². The lowest BCUT2D eigenvalue weighted by Gasteiger charge is -2.41. The highest BCUT2D eigenvalue weighted by atomic mass is 35.5. The summed E-state index contributed by atoms with van der Waals surface area (Å²) in [4.78, 5) is 36.6. The highest BCUT2D eigenvalue weighted by Crippen LogP contribution is 2.42. The molecule has 6 rings (SSSR count). The third-order valence-electron chi connectivity index (χ3n) is 9.26. The molecule has 2 fully saturated rings. The number of aryl methyl sites for hydroxylation is 1. The van der Waals surface area contributed by atoms with Crippen molar-refractivity contribution in [2.75, 3.05) is 36.5 Å². The van der Waals surface area contributed by atoms with E-state index >= 15 is 0 Å². The average molecular weight is 623 g/mol. The van der Waals surface area contributed by atoms with E-state index in [0.717, 1.165) is 43.7 Å². The predicted molar refractivity (Wildman–Crippen MR) is 169 cm³/mol. The minimum absolute atomic E-state index is 0.262. The summed E-state index contributed by atoms with van der Waals surface area (Å²) < 4.78 is 21.4. The van der Waals surface area contributed by atoms with E-state index in [-0.39, 0.29) is 17.9 Å². The highest BCUT2D eigenvalue weighted by Gasteiger charge is 2.42. The van der Waals surface area contributed by atoms with Crippen molar-refractivity contribution >= 4 is 35.1 Å². The van der Waals surface area contributed by atoms with Gasteiger partial charge in [0.15, 0.2) is 0 Å². The number of nitrogens with zero attached hydrogens (tertiary/aromatic N) is 5. The van der Waals surface area contributed by atoms with E-state index in [0.29, 0.717) is 60.8 Å². The Hall–Kier alpha value is -3.63. The van der Waals surface area contributed by atoms with Crippen LogP contribution in [0.5, 0.6) is 0 Å². The van der Waals surface area contributed by atoms with E-state index in [1.165, 1.54) is 30.7 Å². The molecule has 3 amide bonds. The lowest BCUT2D eigenvalue weighted by atomic mass is 9.95. The first-order chi connectivity index (χ1) is 21.3. The maximum atomic E-state index is 13.7. The largest absolute Gasteiger partial charge is 0.450 e. The number of carbonyl (C=O) groups is 2. The molecule has 0 radical (unpaired) electrons. The van der Waals surface area contributed by atoms with Crippen LogP contribution in [0.15, 0.2) is 48.5 Å². The molecular formula is C33H40ClFN6O3. The van der Waals surface area contributed by atoms with Crippen molar-refractivity contribution in [1.82, 2.24) is 19.4 Å². The number of carbonyl (C=O) groups excluding carboxylic acids is 2. The third-order valence-corrected chi connectivity index (χ3v) is 9.51. The number of benzene rings is 2. The van der Waals surface area contributed by atoms with Crippen LogP contribution < -0.4 is 10.2 Å². The summed E-state index contributed by atoms with van der Waals surface area (Å²) in [5.41, 5.74) is 3.57. The molecule has 2 bridgehead atoms. The van der Waals surface area contributed by atoms with E-state index in [4.69, 9.17) is 21.3 Å². The fourth-order valence-corrected chi connectivity index (χ4v) is 7.45. The summed E-state index contributed by atoms with van der Waals surface area (Å²) in [6.45, 7) is 6.84. The number of anilines is 2. The van der Waals surface area contributed by atoms with E-state index in [9.17, 15) is 14.0 Å². The zero-order valence-corrected chi connectivity index (χ0v) is 26.1. The molecule has 9 nitrogen and oxygen atoms in total. The number of ether oxygens (including phenoxy) is 1. The standard InChI is InChI=1S/C33H40ClFN6O3/c1-3-44-33(43)38-18-15-31-30(21-38)36-22(2)41(31)29-19-27-13-14-28(20-29)39(27)16-4-17-40(26-11-7-24(35)8-12-26)32(42)37-25-9-5-23(34)6-10-25/h5-12,27-29H,3-4,13-21H2,1-2H3,(H,37,42)/t27-,28+,29?. The first kappa shape index (κ1) is 30.4. The summed E-state index contributed by atoms with van der Waals surface area (Å²) in [6.07, 6.45) is 5.81. The smallest absolute Gasteiger partial charge is 0.410 e. The van der Waals surface area contributed by atoms with Crippen molar-refractivity contribution in [1.29, 1.82) is 0 Å². The van der Waals surface area contributed by atoms with Gasteiger partial charge in [-0.1, -0.05) is 11.6 Å². The Kier molecular flexibility index (Phi) is 9.09. The van der Waals surface area contributed by atoms with Crippen LogP contribution in [0.3, 0.4) is 0 Å². The summed E-state index contributed by atoms with van der Waals surface area (Å²) in [5.74, 6) is 0.692. The Morgan fingerprint density at radius 1 is 1.07 bits per heavy atom. The molecule has 3 atom stereocenters. The van der Waals surface area contributed by atoms with Crippen molar-refractivity contribution < 1.29 is 18.7 Å². The van der Waals surface area contributed by atoms with Gasteiger partial charge in [0, 0.05) is 66.3 Å². The molecule has 234 valence electrons. The summed E-state index contributed by atoms with van der Waals surface area (Å²) >= 11 is 6.01. The Labute approximate surface area is 262 Å². The normalized spacial score (nSPS) is 21.2. The van der Waals surface area contributed by atoms with Crippen LogP contribution in [0.2, 0.25) is 5.02 Å². The van der Waals surface area contributed by atoms with E-state index in [2.05, 4.69) is 21.7 Å². The molecule has 11 heteroatoms. The molecule has 2 saturated heterocycles. The second-order valence-electron chi connectivity index (χ2n) is 12.0. The Morgan fingerprint density at radius 2 is 1.77 bits per heavy atom. The maximum Gasteiger partial charge on any atom is 0.410 e. The van der Waals surface area contributed by atoms with Gasteiger partial charge >= 0.3 is 12.1 Å². The number of amides is 3. The zero-order valence-electron chi connectivity index (χ0n) is 25.3. The van der Waals surface area contributed by atoms with Gasteiger partial charge in [0.05, 0.1) is 18.8 Å². The van der Waals surface area contributed by atoms with Crippen LogP contribution in [0, 0.1) is 12.7 Å². The van der Waals surface area contributed by atoms with Gasteiger partial charge in [-0.15, -0.1) is 0 Å². The molecule has 0 aliphatic carbocycles. The second kappa shape index (κ2) is 13.2. The van der Waals surface area contributed by atoms with Crippen molar-refractivity contribution in [3.63, 3.8) is 0 Å². The number of nitrogens with one attached hydrogen (secondary N) is 1. The number of urea groups is 1. The van der Waals surface area contributed by atoms with Crippen LogP contribution in [0.25, 0.3) is 0 Å². The lowest BCUT2D eigenvalue weighted by molar-refractivity contribution is 0.0980. The molecule has 3 aliphatic heterocycles. The molecule has 0 spiro atoms. The van der Waals surface area contributed by atoms with E-state index in [1.807, 2.05) is 6.92 Å². The molecule has 4 heterocycles. The predicted octanol–water partition coefficient (Wildman–Crippen LogP) is 6.80. The lowest BCUT2D eigenvalue weighted by Crippen LogP contribution is -2.45. The van der Waals surface area contributed by atoms with Gasteiger partial charge in [0.25, 0.3) is 0 Å². The van der Waals surface area contributed by atoms with Crippen LogP contribution >= 0.6 is 11.6 Å². The van der Waals surface area contributed by atoms with Crippen LogP contribution in [-0.2, 0) is 17.7 Å². The van der Waals surface area contributed by atoms with E-state index in [1.54, 1.807) is 46.2 Å². The molecule has 1 unspecified atom stereocenters. The number of imidazole rings is 1. The third kappa shape index (κ3) is 6.42. The number of fused-ring (bicyclic) bond motifs is 3. The molecule has 44 heavy (non-hydrogen) atoms. The molecule has 1 N–H and O–H groups in total. The van der Waals surface area contributed by atoms with Gasteiger partial charge < -0.3 is 19.5 Å². The van der Waals surface area contributed by atoms with Crippen LogP contribution in [-0.4, -0.2) is 69.8 Å². The van der Waals surface area contributed by atoms with Gasteiger partial charge in [-0.3, -0.25) is 9.80 Å². The topological polar surface area (TPSA) is 82.9 Å². The molecule has 3 aliphatic rings. The number of hydrogen-bond acceptors (Lipinski definition) is 5. The quantitative estimate of drug-likeness (QED) is 0.299. The molecule has 3 aromatic rings. The SMILES string of the molecule is CCOC(=O)N1CCc2c(nc(C)n2C2C[C@H]3CC[C@@H](C2)N3CCCN(C(=O)Nc2ccc(Cl)cc2)c2ccc(F)cc2)C1. The molecule has 1 aromatic heterocycles. The van der Waals surface area contributed by atoms with Crippen LogP contribution in [0.1, 0.15) is 62.3 Å². The number of piperidine rings is 1. The summed E-state index contributed by atoms with van der Waals surface area (Å²) in [6, 6.07) is 14.2. The minimum atomic E-state index is -0.336. The van der Waals surface area contributed by atoms with Gasteiger partial charge in [-0.2, -0.15) is 0 Å². The fraction of sp³-hybridized carbons (Fsp3) is 0.485. The number of hydrogen-bond donors (Lipinski definition) is 1. The van der Waals surface area contributed by atoms with E-state index < -0.39 is 0 Å². The Bertz CT molecular complexity index is 1470. The van der Waals surface area contributed by atoms with Gasteiger partial charge in [-0.25, -0.2) is 19.0 Å². The van der Waals surface area contributed by atoms with Gasteiger partial charge in [0.2, 0.25) is 0 Å². The molecule has 2 aromatic carbocycles. The Balaban J connectivity index is 1.09. The number of aromatic nitrogens is 2. The van der Waals surface area contributed by atoms with Crippen molar-refractivity contribution in [2.45, 2.75) is 77.0 Å². The maximum absolute atomic E-state index is 13.7. The second-order valence-corrected chi connectivity index (χ2v) is 12.4. The minimum Gasteiger partial charge on any atom is -0.450 e. The van der Waals surface area contributed by atoms with Crippen molar-refractivity contribution in [3.8, 4) is 0 Å². The molecule has 0 saturated carbocycles. The van der Waals surface area contributed by atoms with Crippen molar-refractivity contribution in [2.24, 2.45) is 0 Å². The van der Waals surface area contributed by atoms with Gasteiger partial charge in [-0.05, 0) is 94.5 Å². The number of halogens is 2. The monoisotopic (exact) mass is 622 g/mol. The van der Waals surface area contributed by atoms with Gasteiger partial charge in [0.1, 0.15) is 11.6 Å². The molecular weight excluding hydrogens is 583 g/mol. The first-order valence-electron chi connectivity index (χ1n) is 15.6. The fourth-order valence-electron chi connectivity index (χ4n) is 7.32. The Morgan fingerprint density at radius 3 is 2.45 bits per heavy atom. The first-order valence-corrected chi connectivity index (χ1v) is 16.0. The highest BCUT2D eigenvalue weighted by molar-refractivity contribution is 6.30. The average Bonchev–Trinajstić information content (AvgIpc) is 3.46. The zero-order chi connectivity index (χ0) is 30.8. The summed E-state index contributed by atoms with van der Waals surface area (Å²) in [7, 11) is 0. The summed E-state index contributed by atoms with van der Waals surface area (Å²) in [5, 5.41) is 3.55. The number of rotatable bonds is 8. The van der Waals surface area contributed by atoms with Crippen molar-refractivity contribution in [3.05, 3.63) is 76.6 Å².